The number of imidazole rings is 1. The summed E-state index contributed by atoms with van der Waals surface area (Å²) < 4.78 is 1.80. The molecule has 1 aromatic carbocycles. The normalized spacial score (nSPS) is 10.9. The van der Waals surface area contributed by atoms with Gasteiger partial charge in [0.1, 0.15) is 12.1 Å². The Morgan fingerprint density at radius 1 is 1.15 bits per heavy atom. The van der Waals surface area contributed by atoms with Crippen LogP contribution in [0.25, 0.3) is 16.9 Å². The quantitative estimate of drug-likeness (QED) is 0.775. The van der Waals surface area contributed by atoms with Gasteiger partial charge in [-0.2, -0.15) is 0 Å². The average Bonchev–Trinajstić information content (AvgIpc) is 2.82. The zero-order chi connectivity index (χ0) is 14.3. The fraction of sp³-hybridized carbons (Fsp3) is 0.133. The average molecular weight is 267 g/mol. The fourth-order valence-electron chi connectivity index (χ4n) is 2.13. The minimum absolute atomic E-state index is 0.209. The third-order valence-electron chi connectivity index (χ3n) is 3.40. The molecule has 5 heteroatoms. The molecule has 0 radical (unpaired) electrons. The largest absolute Gasteiger partial charge is 0.478 e. The van der Waals surface area contributed by atoms with E-state index in [2.05, 4.69) is 9.97 Å². The van der Waals surface area contributed by atoms with E-state index < -0.39 is 5.97 Å². The van der Waals surface area contributed by atoms with Crippen molar-refractivity contribution in [3.05, 3.63) is 53.5 Å². The van der Waals surface area contributed by atoms with Gasteiger partial charge in [-0.3, -0.25) is 4.57 Å². The monoisotopic (exact) mass is 267 g/mol. The molecule has 1 N–H and O–H groups in total. The maximum atomic E-state index is 11.0. The molecule has 0 aliphatic carbocycles. The predicted molar refractivity (Wildman–Crippen MR) is 75.3 cm³/mol. The summed E-state index contributed by atoms with van der Waals surface area (Å²) in [5.41, 5.74) is 4.34. The molecule has 5 nitrogen and oxygen atoms in total. The predicted octanol–water partition coefficient (Wildman–Crippen LogP) is 2.74. The number of hydrogen-bond acceptors (Lipinski definition) is 3. The van der Waals surface area contributed by atoms with Crippen molar-refractivity contribution in [1.82, 2.24) is 14.5 Å². The van der Waals surface area contributed by atoms with Crippen LogP contribution in [-0.2, 0) is 0 Å². The first-order chi connectivity index (χ1) is 9.56. The van der Waals surface area contributed by atoms with Gasteiger partial charge in [0.05, 0.1) is 16.6 Å². The number of carboxylic acids is 1. The van der Waals surface area contributed by atoms with Crippen LogP contribution >= 0.6 is 0 Å². The van der Waals surface area contributed by atoms with E-state index in [0.717, 1.165) is 16.6 Å². The molecule has 100 valence electrons. The van der Waals surface area contributed by atoms with Crippen LogP contribution in [0.2, 0.25) is 0 Å². The second-order valence-corrected chi connectivity index (χ2v) is 4.75. The number of aromatic nitrogens is 3. The summed E-state index contributed by atoms with van der Waals surface area (Å²) in [5.74, 6) is -0.416. The van der Waals surface area contributed by atoms with E-state index in [1.165, 1.54) is 17.8 Å². The molecule has 0 amide bonds. The molecule has 0 aliphatic heterocycles. The first-order valence-electron chi connectivity index (χ1n) is 6.20. The summed E-state index contributed by atoms with van der Waals surface area (Å²) in [6.07, 6.45) is 3.16. The van der Waals surface area contributed by atoms with Crippen molar-refractivity contribution >= 4 is 17.0 Å². The molecule has 0 saturated carbocycles. The molecule has 0 unspecified atom stereocenters. The number of aryl methyl sites for hydroxylation is 2. The van der Waals surface area contributed by atoms with Crippen LogP contribution < -0.4 is 0 Å². The molecule has 2 aromatic heterocycles. The van der Waals surface area contributed by atoms with Gasteiger partial charge in [-0.15, -0.1) is 0 Å². The van der Waals surface area contributed by atoms with Crippen LogP contribution in [0, 0.1) is 13.8 Å². The smallest absolute Gasteiger partial charge is 0.335 e. The topological polar surface area (TPSA) is 68.0 Å². The zero-order valence-corrected chi connectivity index (χ0v) is 11.2. The van der Waals surface area contributed by atoms with Crippen molar-refractivity contribution in [2.75, 3.05) is 0 Å². The van der Waals surface area contributed by atoms with Crippen molar-refractivity contribution in [3.8, 4) is 5.82 Å². The maximum absolute atomic E-state index is 11.0. The number of carboxylic acid groups (broad SMARTS) is 1. The van der Waals surface area contributed by atoms with E-state index in [4.69, 9.17) is 5.11 Å². The van der Waals surface area contributed by atoms with Gasteiger partial charge in [0.25, 0.3) is 0 Å². The van der Waals surface area contributed by atoms with E-state index >= 15 is 0 Å². The van der Waals surface area contributed by atoms with Gasteiger partial charge in [0.15, 0.2) is 0 Å². The van der Waals surface area contributed by atoms with Gasteiger partial charge in [0, 0.05) is 6.20 Å². The maximum Gasteiger partial charge on any atom is 0.335 e. The highest BCUT2D eigenvalue weighted by Crippen LogP contribution is 2.21. The lowest BCUT2D eigenvalue weighted by Gasteiger charge is -2.06. The van der Waals surface area contributed by atoms with E-state index in [-0.39, 0.29) is 5.56 Å². The highest BCUT2D eigenvalue weighted by atomic mass is 16.4. The van der Waals surface area contributed by atoms with Crippen LogP contribution in [0.1, 0.15) is 21.5 Å². The highest BCUT2D eigenvalue weighted by Gasteiger charge is 2.10. The van der Waals surface area contributed by atoms with E-state index in [9.17, 15) is 4.79 Å². The summed E-state index contributed by atoms with van der Waals surface area (Å²) in [6, 6.07) is 7.06. The number of pyridine rings is 1. The standard InChI is InChI=1S/C15H13N3O2/c1-9-5-12-13(6-10(9)2)18(8-17-12)14-7-11(15(19)20)3-4-16-14/h3-8H,1-2H3,(H,19,20). The molecule has 3 rings (SSSR count). The Morgan fingerprint density at radius 3 is 2.65 bits per heavy atom. The van der Waals surface area contributed by atoms with Crippen LogP contribution in [0.4, 0.5) is 0 Å². The minimum Gasteiger partial charge on any atom is -0.478 e. The number of rotatable bonds is 2. The molecule has 3 aromatic rings. The van der Waals surface area contributed by atoms with Gasteiger partial charge in [0.2, 0.25) is 0 Å². The zero-order valence-electron chi connectivity index (χ0n) is 11.2. The summed E-state index contributed by atoms with van der Waals surface area (Å²) in [6.45, 7) is 4.07. The second-order valence-electron chi connectivity index (χ2n) is 4.75. The van der Waals surface area contributed by atoms with Gasteiger partial charge < -0.3 is 5.11 Å². The van der Waals surface area contributed by atoms with E-state index in [1.54, 1.807) is 17.0 Å². The summed E-state index contributed by atoms with van der Waals surface area (Å²) in [5, 5.41) is 9.05. The second kappa shape index (κ2) is 4.45. The molecule has 0 atom stereocenters. The third kappa shape index (κ3) is 1.93. The van der Waals surface area contributed by atoms with Crippen LogP contribution in [0.5, 0.6) is 0 Å². The van der Waals surface area contributed by atoms with Crippen LogP contribution in [-0.4, -0.2) is 25.6 Å². The Kier molecular flexibility index (Phi) is 2.75. The van der Waals surface area contributed by atoms with Crippen LogP contribution in [0.15, 0.2) is 36.8 Å². The molecule has 20 heavy (non-hydrogen) atoms. The van der Waals surface area contributed by atoms with E-state index in [0.29, 0.717) is 5.82 Å². The molecule has 0 aliphatic rings. The number of aromatic carboxylic acids is 1. The Bertz CT molecular complexity index is 821. The summed E-state index contributed by atoms with van der Waals surface area (Å²) >= 11 is 0. The van der Waals surface area contributed by atoms with Crippen molar-refractivity contribution in [2.45, 2.75) is 13.8 Å². The van der Waals surface area contributed by atoms with E-state index in [1.807, 2.05) is 26.0 Å². The summed E-state index contributed by atoms with van der Waals surface area (Å²) in [7, 11) is 0. The molecular weight excluding hydrogens is 254 g/mol. The lowest BCUT2D eigenvalue weighted by Crippen LogP contribution is -2.01. The SMILES string of the molecule is Cc1cc2ncn(-c3cc(C(=O)O)ccn3)c2cc1C. The van der Waals surface area contributed by atoms with Gasteiger partial charge in [-0.05, 0) is 49.2 Å². The Balaban J connectivity index is 2.22. The van der Waals surface area contributed by atoms with Crippen molar-refractivity contribution in [2.24, 2.45) is 0 Å². The Morgan fingerprint density at radius 2 is 1.90 bits per heavy atom. The van der Waals surface area contributed by atoms with Gasteiger partial charge >= 0.3 is 5.97 Å². The molecule has 2 heterocycles. The summed E-state index contributed by atoms with van der Waals surface area (Å²) in [4.78, 5) is 19.6. The van der Waals surface area contributed by atoms with Gasteiger partial charge in [-0.1, -0.05) is 0 Å². The number of fused-ring (bicyclic) bond motifs is 1. The minimum atomic E-state index is -0.968. The molecule has 0 fully saturated rings. The lowest BCUT2D eigenvalue weighted by molar-refractivity contribution is 0.0696. The number of benzene rings is 1. The molecule has 0 spiro atoms. The Hall–Kier alpha value is -2.69. The Labute approximate surface area is 115 Å². The number of carbonyl (C=O) groups is 1. The molecular formula is C15H13N3O2. The first-order valence-corrected chi connectivity index (χ1v) is 6.20. The van der Waals surface area contributed by atoms with Gasteiger partial charge in [-0.25, -0.2) is 14.8 Å². The molecule has 0 saturated heterocycles. The fourth-order valence-corrected chi connectivity index (χ4v) is 2.13. The van der Waals surface area contributed by atoms with Crippen LogP contribution in [0.3, 0.4) is 0 Å². The number of nitrogens with zero attached hydrogens (tertiary/aromatic N) is 3. The van der Waals surface area contributed by atoms with Crippen molar-refractivity contribution in [3.63, 3.8) is 0 Å². The number of hydrogen-bond donors (Lipinski definition) is 1. The molecule has 0 bridgehead atoms. The van der Waals surface area contributed by atoms with Crippen molar-refractivity contribution < 1.29 is 9.90 Å². The first kappa shape index (κ1) is 12.3. The third-order valence-corrected chi connectivity index (χ3v) is 3.40. The van der Waals surface area contributed by atoms with Crippen molar-refractivity contribution in [1.29, 1.82) is 0 Å². The lowest BCUT2D eigenvalue weighted by atomic mass is 10.1. The highest BCUT2D eigenvalue weighted by molar-refractivity contribution is 5.88.